The number of amides is 1. The zero-order valence-corrected chi connectivity index (χ0v) is 17.0. The standard InChI is InChI=1S/C20H18ClFN2O3S/c1-11(2)28(26,27)19-16(21)5-4-6-17(19)24-20(25)15-9-13-7-8-14(22)10-18(13)23-12(15)3/h4-11H,1-3H3,(H,24,25). The average molecular weight is 421 g/mol. The maximum atomic E-state index is 13.4. The van der Waals surface area contributed by atoms with Gasteiger partial charge in [0.2, 0.25) is 0 Å². The summed E-state index contributed by atoms with van der Waals surface area (Å²) in [6.07, 6.45) is 0. The number of fused-ring (bicyclic) bond motifs is 1. The lowest BCUT2D eigenvalue weighted by Crippen LogP contribution is -2.20. The molecule has 0 unspecified atom stereocenters. The molecule has 0 aliphatic carbocycles. The third kappa shape index (κ3) is 3.72. The fourth-order valence-corrected chi connectivity index (χ4v) is 4.52. The first-order valence-corrected chi connectivity index (χ1v) is 10.4. The first-order chi connectivity index (χ1) is 13.1. The molecule has 0 fully saturated rings. The van der Waals surface area contributed by atoms with Crippen molar-refractivity contribution in [3.8, 4) is 0 Å². The Morgan fingerprint density at radius 1 is 1.18 bits per heavy atom. The van der Waals surface area contributed by atoms with E-state index in [1.54, 1.807) is 32.9 Å². The molecule has 1 aromatic heterocycles. The molecule has 0 bridgehead atoms. The highest BCUT2D eigenvalue weighted by molar-refractivity contribution is 7.92. The van der Waals surface area contributed by atoms with Crippen LogP contribution in [0, 0.1) is 12.7 Å². The molecule has 3 rings (SSSR count). The van der Waals surface area contributed by atoms with Crippen LogP contribution in [0.15, 0.2) is 47.4 Å². The van der Waals surface area contributed by atoms with Crippen molar-refractivity contribution in [2.24, 2.45) is 0 Å². The maximum absolute atomic E-state index is 13.4. The van der Waals surface area contributed by atoms with Crippen molar-refractivity contribution in [2.75, 3.05) is 5.32 Å². The minimum Gasteiger partial charge on any atom is -0.321 e. The van der Waals surface area contributed by atoms with Crippen molar-refractivity contribution >= 4 is 43.9 Å². The second-order valence-corrected chi connectivity index (χ2v) is 9.47. The van der Waals surface area contributed by atoms with E-state index in [0.29, 0.717) is 16.6 Å². The smallest absolute Gasteiger partial charge is 0.257 e. The zero-order valence-electron chi connectivity index (χ0n) is 15.5. The fourth-order valence-electron chi connectivity index (χ4n) is 2.79. The number of rotatable bonds is 4. The van der Waals surface area contributed by atoms with E-state index >= 15 is 0 Å². The van der Waals surface area contributed by atoms with Gasteiger partial charge in [-0.05, 0) is 51.1 Å². The summed E-state index contributed by atoms with van der Waals surface area (Å²) in [5.41, 5.74) is 1.18. The van der Waals surface area contributed by atoms with Gasteiger partial charge < -0.3 is 5.32 Å². The first-order valence-electron chi connectivity index (χ1n) is 8.52. The second kappa shape index (κ2) is 7.48. The summed E-state index contributed by atoms with van der Waals surface area (Å²) < 4.78 is 38.7. The lowest BCUT2D eigenvalue weighted by atomic mass is 10.1. The molecule has 28 heavy (non-hydrogen) atoms. The van der Waals surface area contributed by atoms with Gasteiger partial charge in [-0.25, -0.2) is 12.8 Å². The molecule has 1 N–H and O–H groups in total. The molecule has 0 radical (unpaired) electrons. The number of pyridine rings is 1. The van der Waals surface area contributed by atoms with Gasteiger partial charge in [0.1, 0.15) is 10.7 Å². The quantitative estimate of drug-likeness (QED) is 0.659. The molecule has 5 nitrogen and oxygen atoms in total. The Balaban J connectivity index is 2.05. The molecule has 0 spiro atoms. The van der Waals surface area contributed by atoms with Gasteiger partial charge in [-0.3, -0.25) is 9.78 Å². The van der Waals surface area contributed by atoms with Crippen LogP contribution in [0.2, 0.25) is 5.02 Å². The van der Waals surface area contributed by atoms with Gasteiger partial charge in [0.25, 0.3) is 5.91 Å². The molecule has 8 heteroatoms. The van der Waals surface area contributed by atoms with Crippen LogP contribution in [0.3, 0.4) is 0 Å². The van der Waals surface area contributed by atoms with Crippen LogP contribution >= 0.6 is 11.6 Å². The molecular formula is C20H18ClFN2O3S. The van der Waals surface area contributed by atoms with Crippen LogP contribution in [0.4, 0.5) is 10.1 Å². The summed E-state index contributed by atoms with van der Waals surface area (Å²) in [5.74, 6) is -0.947. The summed E-state index contributed by atoms with van der Waals surface area (Å²) in [6, 6.07) is 10.2. The van der Waals surface area contributed by atoms with E-state index in [1.807, 2.05) is 0 Å². The van der Waals surface area contributed by atoms with Gasteiger partial charge >= 0.3 is 0 Å². The Morgan fingerprint density at radius 3 is 2.57 bits per heavy atom. The molecule has 0 atom stereocenters. The number of aryl methyl sites for hydroxylation is 1. The first kappa shape index (κ1) is 20.2. The van der Waals surface area contributed by atoms with Crippen LogP contribution in [0.1, 0.15) is 29.9 Å². The average Bonchev–Trinajstić information content (AvgIpc) is 2.60. The van der Waals surface area contributed by atoms with E-state index in [1.165, 1.54) is 30.3 Å². The molecule has 0 saturated carbocycles. The second-order valence-electron chi connectivity index (χ2n) is 6.62. The number of carbonyl (C=O) groups excluding carboxylic acids is 1. The number of benzene rings is 2. The van der Waals surface area contributed by atoms with Gasteiger partial charge in [-0.15, -0.1) is 0 Å². The van der Waals surface area contributed by atoms with Crippen molar-refractivity contribution in [3.63, 3.8) is 0 Å². The van der Waals surface area contributed by atoms with E-state index in [9.17, 15) is 17.6 Å². The highest BCUT2D eigenvalue weighted by atomic mass is 35.5. The Labute approximate surface area is 167 Å². The highest BCUT2D eigenvalue weighted by Crippen LogP contribution is 2.32. The molecule has 1 heterocycles. The van der Waals surface area contributed by atoms with Gasteiger partial charge in [-0.1, -0.05) is 17.7 Å². The summed E-state index contributed by atoms with van der Waals surface area (Å²) in [4.78, 5) is 17.0. The number of nitrogens with one attached hydrogen (secondary N) is 1. The lowest BCUT2D eigenvalue weighted by Gasteiger charge is -2.16. The van der Waals surface area contributed by atoms with Crippen molar-refractivity contribution < 1.29 is 17.6 Å². The van der Waals surface area contributed by atoms with Gasteiger partial charge in [0.15, 0.2) is 9.84 Å². The molecular weight excluding hydrogens is 403 g/mol. The summed E-state index contributed by atoms with van der Waals surface area (Å²) in [6.45, 7) is 4.71. The number of anilines is 1. The van der Waals surface area contributed by atoms with Crippen LogP contribution in [-0.4, -0.2) is 24.6 Å². The minimum absolute atomic E-state index is 0.0373. The summed E-state index contributed by atoms with van der Waals surface area (Å²) in [5, 5.41) is 2.56. The van der Waals surface area contributed by atoms with Gasteiger partial charge in [0, 0.05) is 11.5 Å². The summed E-state index contributed by atoms with van der Waals surface area (Å²) in [7, 11) is -3.72. The molecule has 1 amide bonds. The van der Waals surface area contributed by atoms with Crippen molar-refractivity contribution in [1.29, 1.82) is 0 Å². The van der Waals surface area contributed by atoms with E-state index in [-0.39, 0.29) is 21.2 Å². The molecule has 0 saturated heterocycles. The van der Waals surface area contributed by atoms with Crippen molar-refractivity contribution in [3.05, 3.63) is 64.6 Å². The van der Waals surface area contributed by atoms with E-state index < -0.39 is 26.8 Å². The highest BCUT2D eigenvalue weighted by Gasteiger charge is 2.27. The predicted molar refractivity (Wildman–Crippen MR) is 108 cm³/mol. The van der Waals surface area contributed by atoms with Crippen molar-refractivity contribution in [1.82, 2.24) is 4.98 Å². The zero-order chi connectivity index (χ0) is 20.6. The van der Waals surface area contributed by atoms with Crippen LogP contribution in [0.5, 0.6) is 0 Å². The topological polar surface area (TPSA) is 76.1 Å². The van der Waals surface area contributed by atoms with Crippen LogP contribution in [0.25, 0.3) is 10.9 Å². The van der Waals surface area contributed by atoms with Crippen LogP contribution < -0.4 is 5.32 Å². The Hall–Kier alpha value is -2.51. The number of sulfone groups is 1. The number of hydrogen-bond donors (Lipinski definition) is 1. The Morgan fingerprint density at radius 2 is 1.89 bits per heavy atom. The maximum Gasteiger partial charge on any atom is 0.257 e. The normalized spacial score (nSPS) is 11.8. The Kier molecular flexibility index (Phi) is 5.41. The number of nitrogens with zero attached hydrogens (tertiary/aromatic N) is 1. The third-order valence-corrected chi connectivity index (χ3v) is 7.01. The molecule has 0 aliphatic heterocycles. The number of aromatic nitrogens is 1. The van der Waals surface area contributed by atoms with E-state index in [4.69, 9.17) is 11.6 Å². The molecule has 3 aromatic rings. The van der Waals surface area contributed by atoms with E-state index in [0.717, 1.165) is 0 Å². The SMILES string of the molecule is Cc1nc2cc(F)ccc2cc1C(=O)Nc1cccc(Cl)c1S(=O)(=O)C(C)C. The van der Waals surface area contributed by atoms with Crippen molar-refractivity contribution in [2.45, 2.75) is 30.9 Å². The van der Waals surface area contributed by atoms with Gasteiger partial charge in [0.05, 0.1) is 32.7 Å². The number of hydrogen-bond acceptors (Lipinski definition) is 4. The predicted octanol–water partition coefficient (Wildman–Crippen LogP) is 4.77. The third-order valence-electron chi connectivity index (χ3n) is 4.34. The minimum atomic E-state index is -3.72. The van der Waals surface area contributed by atoms with Gasteiger partial charge in [-0.2, -0.15) is 0 Å². The molecule has 2 aromatic carbocycles. The lowest BCUT2D eigenvalue weighted by molar-refractivity contribution is 0.102. The number of halogens is 2. The largest absolute Gasteiger partial charge is 0.321 e. The van der Waals surface area contributed by atoms with Crippen LogP contribution in [-0.2, 0) is 9.84 Å². The van der Waals surface area contributed by atoms with E-state index in [2.05, 4.69) is 10.3 Å². The number of carbonyl (C=O) groups is 1. The Bertz CT molecular complexity index is 1190. The molecule has 146 valence electrons. The summed E-state index contributed by atoms with van der Waals surface area (Å²) >= 11 is 6.13. The molecule has 0 aliphatic rings. The monoisotopic (exact) mass is 420 g/mol. The fraction of sp³-hybridized carbons (Fsp3) is 0.200.